The molecule has 0 radical (unpaired) electrons. The van der Waals surface area contributed by atoms with Crippen LogP contribution in [0.15, 0.2) is 28.2 Å². The molecule has 1 heterocycles. The first-order chi connectivity index (χ1) is 10.9. The second kappa shape index (κ2) is 7.86. The van der Waals surface area contributed by atoms with Gasteiger partial charge in [-0.2, -0.15) is 0 Å². The predicted molar refractivity (Wildman–Crippen MR) is 94.8 cm³/mol. The lowest BCUT2D eigenvalue weighted by Gasteiger charge is -2.09. The third-order valence-electron chi connectivity index (χ3n) is 3.22. The molecule has 1 amide bonds. The molecular weight excluding hydrogens is 357 g/mol. The number of aryl methyl sites for hydroxylation is 1. The molecule has 0 saturated heterocycles. The second-order valence-electron chi connectivity index (χ2n) is 4.79. The van der Waals surface area contributed by atoms with Crippen LogP contribution < -0.4 is 10.9 Å². The van der Waals surface area contributed by atoms with Crippen LogP contribution >= 0.6 is 35.0 Å². The van der Waals surface area contributed by atoms with Gasteiger partial charge in [-0.05, 0) is 31.7 Å². The number of carbonyl (C=O) groups excluding carboxylic acids is 1. The van der Waals surface area contributed by atoms with Crippen LogP contribution in [-0.4, -0.2) is 22.1 Å². The quantitative estimate of drug-likeness (QED) is 0.620. The summed E-state index contributed by atoms with van der Waals surface area (Å²) < 4.78 is 0. The number of hydrogen-bond acceptors (Lipinski definition) is 4. The van der Waals surface area contributed by atoms with Crippen molar-refractivity contribution >= 4 is 46.6 Å². The topological polar surface area (TPSA) is 74.8 Å². The van der Waals surface area contributed by atoms with Crippen LogP contribution in [0.4, 0.5) is 5.69 Å². The molecule has 1 aromatic heterocycles. The van der Waals surface area contributed by atoms with Gasteiger partial charge in [-0.25, -0.2) is 4.98 Å². The summed E-state index contributed by atoms with van der Waals surface area (Å²) in [5, 5.41) is 3.92. The fourth-order valence-corrected chi connectivity index (χ4v) is 2.80. The van der Waals surface area contributed by atoms with E-state index in [9.17, 15) is 9.59 Å². The molecule has 2 aromatic rings. The van der Waals surface area contributed by atoms with Gasteiger partial charge in [0.1, 0.15) is 0 Å². The molecule has 0 unspecified atom stereocenters. The molecule has 0 fully saturated rings. The number of halogens is 2. The molecule has 0 saturated carbocycles. The maximum Gasteiger partial charge on any atom is 0.254 e. The number of rotatable bonds is 5. The van der Waals surface area contributed by atoms with Crippen molar-refractivity contribution in [3.05, 3.63) is 49.9 Å². The third-order valence-corrected chi connectivity index (χ3v) is 4.62. The lowest BCUT2D eigenvalue weighted by atomic mass is 10.1. The molecule has 2 N–H and O–H groups in total. The number of nitrogens with one attached hydrogen (secondary N) is 2. The number of hydrogen-bond donors (Lipinski definition) is 2. The van der Waals surface area contributed by atoms with Gasteiger partial charge >= 0.3 is 0 Å². The lowest BCUT2D eigenvalue weighted by molar-refractivity contribution is -0.116. The minimum atomic E-state index is -0.248. The Bertz CT molecular complexity index is 793. The lowest BCUT2D eigenvalue weighted by Crippen LogP contribution is -2.20. The van der Waals surface area contributed by atoms with E-state index in [0.717, 1.165) is 0 Å². The zero-order valence-electron chi connectivity index (χ0n) is 12.6. The van der Waals surface area contributed by atoms with Crippen LogP contribution in [0.5, 0.6) is 0 Å². The van der Waals surface area contributed by atoms with E-state index in [0.29, 0.717) is 38.6 Å². The van der Waals surface area contributed by atoms with E-state index in [2.05, 4.69) is 15.3 Å². The monoisotopic (exact) mass is 371 g/mol. The predicted octanol–water partition coefficient (Wildman–Crippen LogP) is 3.68. The summed E-state index contributed by atoms with van der Waals surface area (Å²) in [5.74, 6) is -0.248. The van der Waals surface area contributed by atoms with Gasteiger partial charge in [-0.1, -0.05) is 41.0 Å². The Labute approximate surface area is 147 Å². The van der Waals surface area contributed by atoms with E-state index in [1.807, 2.05) is 6.26 Å². The largest absolute Gasteiger partial charge is 0.325 e. The van der Waals surface area contributed by atoms with Crippen molar-refractivity contribution in [1.29, 1.82) is 0 Å². The summed E-state index contributed by atoms with van der Waals surface area (Å²) in [6, 6.07) is 5.00. The molecule has 23 heavy (non-hydrogen) atoms. The van der Waals surface area contributed by atoms with E-state index in [-0.39, 0.29) is 17.9 Å². The number of thioether (sulfide) groups is 1. The van der Waals surface area contributed by atoms with Gasteiger partial charge in [0, 0.05) is 17.7 Å². The van der Waals surface area contributed by atoms with Crippen LogP contribution in [0.2, 0.25) is 10.0 Å². The third kappa shape index (κ3) is 4.50. The summed E-state index contributed by atoms with van der Waals surface area (Å²) in [4.78, 5) is 31.0. The maximum absolute atomic E-state index is 12.0. The first-order valence-electron chi connectivity index (χ1n) is 6.80. The molecular formula is C15H15Cl2N3O2S. The highest BCUT2D eigenvalue weighted by molar-refractivity contribution is 7.98. The molecule has 0 aliphatic heterocycles. The molecule has 1 aromatic carbocycles. The molecule has 0 atom stereocenters. The van der Waals surface area contributed by atoms with E-state index in [1.54, 1.807) is 25.1 Å². The van der Waals surface area contributed by atoms with Crippen LogP contribution in [0.3, 0.4) is 0 Å². The van der Waals surface area contributed by atoms with Gasteiger partial charge in [-0.15, -0.1) is 0 Å². The van der Waals surface area contributed by atoms with Crippen molar-refractivity contribution in [2.45, 2.75) is 24.9 Å². The zero-order chi connectivity index (χ0) is 17.0. The number of anilines is 1. The number of H-pyrrole nitrogens is 1. The fraction of sp³-hybridized carbons (Fsp3) is 0.267. The van der Waals surface area contributed by atoms with Gasteiger partial charge in [0.15, 0.2) is 5.16 Å². The first-order valence-corrected chi connectivity index (χ1v) is 8.78. The highest BCUT2D eigenvalue weighted by atomic mass is 35.5. The Morgan fingerprint density at radius 3 is 2.78 bits per heavy atom. The Morgan fingerprint density at radius 1 is 1.39 bits per heavy atom. The highest BCUT2D eigenvalue weighted by Gasteiger charge is 2.12. The molecule has 0 aliphatic carbocycles. The number of benzene rings is 1. The van der Waals surface area contributed by atoms with Crippen LogP contribution in [-0.2, 0) is 11.2 Å². The zero-order valence-corrected chi connectivity index (χ0v) is 14.9. The molecule has 0 spiro atoms. The summed E-state index contributed by atoms with van der Waals surface area (Å²) >= 11 is 13.3. The summed E-state index contributed by atoms with van der Waals surface area (Å²) in [5.41, 5.74) is 1.38. The molecule has 0 aliphatic rings. The average Bonchev–Trinajstić information content (AvgIpc) is 2.50. The van der Waals surface area contributed by atoms with Crippen molar-refractivity contribution in [1.82, 2.24) is 9.97 Å². The first kappa shape index (κ1) is 17.8. The van der Waals surface area contributed by atoms with Crippen LogP contribution in [0.1, 0.15) is 17.7 Å². The van der Waals surface area contributed by atoms with Crippen molar-refractivity contribution in [3.63, 3.8) is 0 Å². The van der Waals surface area contributed by atoms with Crippen molar-refractivity contribution < 1.29 is 4.79 Å². The van der Waals surface area contributed by atoms with Crippen molar-refractivity contribution in [2.75, 3.05) is 11.6 Å². The van der Waals surface area contributed by atoms with Crippen molar-refractivity contribution in [3.8, 4) is 0 Å². The normalized spacial score (nSPS) is 10.6. The Morgan fingerprint density at radius 2 is 2.13 bits per heavy atom. The summed E-state index contributed by atoms with van der Waals surface area (Å²) in [7, 11) is 0. The van der Waals surface area contributed by atoms with Gasteiger partial charge in [0.05, 0.1) is 15.7 Å². The van der Waals surface area contributed by atoms with E-state index >= 15 is 0 Å². The maximum atomic E-state index is 12.0. The molecule has 8 heteroatoms. The van der Waals surface area contributed by atoms with E-state index < -0.39 is 0 Å². The summed E-state index contributed by atoms with van der Waals surface area (Å²) in [6.45, 7) is 1.76. The number of aromatic amines is 1. The highest BCUT2D eigenvalue weighted by Crippen LogP contribution is 2.29. The van der Waals surface area contributed by atoms with Gasteiger partial charge in [0.25, 0.3) is 5.56 Å². The molecule has 122 valence electrons. The van der Waals surface area contributed by atoms with Crippen LogP contribution in [0.25, 0.3) is 0 Å². The minimum Gasteiger partial charge on any atom is -0.325 e. The Kier molecular flexibility index (Phi) is 6.10. The van der Waals surface area contributed by atoms with E-state index in [1.165, 1.54) is 11.8 Å². The smallest absolute Gasteiger partial charge is 0.254 e. The number of amides is 1. The Hall–Kier alpha value is -1.50. The average molecular weight is 372 g/mol. The second-order valence-corrected chi connectivity index (χ2v) is 6.37. The van der Waals surface area contributed by atoms with Crippen LogP contribution in [0, 0.1) is 6.92 Å². The van der Waals surface area contributed by atoms with E-state index in [4.69, 9.17) is 23.2 Å². The summed E-state index contributed by atoms with van der Waals surface area (Å²) in [6.07, 6.45) is 2.28. The molecule has 0 bridgehead atoms. The Balaban J connectivity index is 2.05. The molecule has 5 nitrogen and oxygen atoms in total. The van der Waals surface area contributed by atoms with Gasteiger partial charge in [-0.3, -0.25) is 9.59 Å². The minimum absolute atomic E-state index is 0.146. The molecule has 2 rings (SSSR count). The van der Waals surface area contributed by atoms with Crippen molar-refractivity contribution in [2.24, 2.45) is 0 Å². The number of nitrogens with zero attached hydrogens (tertiary/aromatic N) is 1. The SMILES string of the molecule is CSc1nc(C)c(CCC(=O)Nc2cccc(Cl)c2Cl)c(=O)[nH]1. The number of carbonyl (C=O) groups is 1. The standard InChI is InChI=1S/C15H15Cl2N3O2S/c1-8-9(14(22)20-15(18-8)23-2)6-7-12(21)19-11-5-3-4-10(16)13(11)17/h3-5H,6-7H2,1-2H3,(H,19,21)(H,18,20,22). The van der Waals surface area contributed by atoms with Gasteiger partial charge < -0.3 is 10.3 Å². The fourth-order valence-electron chi connectivity index (χ4n) is 2.03. The van der Waals surface area contributed by atoms with Gasteiger partial charge in [0.2, 0.25) is 5.91 Å². The number of aromatic nitrogens is 2.